The predicted octanol–water partition coefficient (Wildman–Crippen LogP) is 2.54. The van der Waals surface area contributed by atoms with Crippen molar-refractivity contribution in [3.63, 3.8) is 0 Å². The van der Waals surface area contributed by atoms with Crippen molar-refractivity contribution in [3.8, 4) is 5.75 Å². The average molecular weight is 291 g/mol. The number of halogens is 1. The lowest BCUT2D eigenvalue weighted by Crippen LogP contribution is -2.31. The first-order valence-electron chi connectivity index (χ1n) is 5.89. The van der Waals surface area contributed by atoms with Gasteiger partial charge >= 0.3 is 0 Å². The van der Waals surface area contributed by atoms with Crippen LogP contribution in [0, 0.1) is 0 Å². The monoisotopic (exact) mass is 290 g/mol. The lowest BCUT2D eigenvalue weighted by atomic mass is 10.1. The molecule has 0 saturated carbocycles. The van der Waals surface area contributed by atoms with Crippen LogP contribution in [-0.2, 0) is 0 Å². The highest BCUT2D eigenvalue weighted by Crippen LogP contribution is 2.33. The molecule has 0 aliphatic carbocycles. The summed E-state index contributed by atoms with van der Waals surface area (Å²) >= 11 is 5.69. The second kappa shape index (κ2) is 4.68. The summed E-state index contributed by atoms with van der Waals surface area (Å²) in [6, 6.07) is 3.55. The average Bonchev–Trinajstić information content (AvgIpc) is 2.38. The van der Waals surface area contributed by atoms with Crippen LogP contribution < -0.4 is 10.1 Å². The van der Waals surface area contributed by atoms with Gasteiger partial charge in [0.2, 0.25) is 11.2 Å². The Hall–Kier alpha value is -2.28. The third-order valence-electron chi connectivity index (χ3n) is 2.49. The first kappa shape index (κ1) is 12.7. The highest BCUT2D eigenvalue weighted by molar-refractivity contribution is 6.28. The number of aliphatic imine (C=N–C) groups is 1. The van der Waals surface area contributed by atoms with E-state index in [0.29, 0.717) is 23.3 Å². The van der Waals surface area contributed by atoms with Gasteiger partial charge in [0.15, 0.2) is 11.6 Å². The summed E-state index contributed by atoms with van der Waals surface area (Å²) in [5.74, 6) is 2.01. The van der Waals surface area contributed by atoms with Gasteiger partial charge in [0.05, 0.1) is 0 Å². The minimum Gasteiger partial charge on any atom is -0.478 e. The van der Waals surface area contributed by atoms with Crippen molar-refractivity contribution in [1.29, 1.82) is 0 Å². The van der Waals surface area contributed by atoms with Gasteiger partial charge in [0, 0.05) is 6.21 Å². The van der Waals surface area contributed by atoms with E-state index in [1.165, 1.54) is 6.33 Å². The summed E-state index contributed by atoms with van der Waals surface area (Å²) in [6.45, 7) is 3.86. The lowest BCUT2D eigenvalue weighted by Gasteiger charge is -2.26. The van der Waals surface area contributed by atoms with E-state index >= 15 is 0 Å². The van der Waals surface area contributed by atoms with E-state index in [0.717, 1.165) is 0 Å². The largest absolute Gasteiger partial charge is 0.478 e. The number of rotatable bonds is 2. The fraction of sp³-hybridized carbons (Fsp3) is 0.250. The van der Waals surface area contributed by atoms with E-state index in [1.807, 2.05) is 13.8 Å². The molecule has 0 atom stereocenters. The summed E-state index contributed by atoms with van der Waals surface area (Å²) in [6.07, 6.45) is 3.03. The summed E-state index contributed by atoms with van der Waals surface area (Å²) in [5, 5.41) is 3.04. The van der Waals surface area contributed by atoms with Crippen LogP contribution in [0.25, 0.3) is 0 Å². The van der Waals surface area contributed by atoms with E-state index in [4.69, 9.17) is 16.3 Å². The number of nitrogens with zero attached hydrogens (tertiary/aromatic N) is 5. The van der Waals surface area contributed by atoms with Gasteiger partial charge in [-0.25, -0.2) is 19.9 Å². The summed E-state index contributed by atoms with van der Waals surface area (Å²) in [5.41, 5.74) is -0.425. The van der Waals surface area contributed by atoms with Crippen molar-refractivity contribution >= 4 is 35.4 Å². The SMILES string of the molecule is CC1(C)C=Nc2nc(Nc3ncnc(Cl)n3)ccc2O1. The maximum atomic E-state index is 5.74. The van der Waals surface area contributed by atoms with E-state index in [2.05, 4.69) is 30.2 Å². The summed E-state index contributed by atoms with van der Waals surface area (Å²) < 4.78 is 5.74. The Kier molecular flexibility index (Phi) is 2.98. The van der Waals surface area contributed by atoms with Crippen LogP contribution in [0.1, 0.15) is 13.8 Å². The van der Waals surface area contributed by atoms with Crippen LogP contribution >= 0.6 is 11.6 Å². The molecule has 7 nitrogen and oxygen atoms in total. The van der Waals surface area contributed by atoms with Gasteiger partial charge in [-0.3, -0.25) is 0 Å². The molecule has 0 aromatic carbocycles. The number of fused-ring (bicyclic) bond motifs is 1. The van der Waals surface area contributed by atoms with Crippen molar-refractivity contribution in [2.24, 2.45) is 4.99 Å². The number of ether oxygens (including phenoxy) is 1. The maximum Gasteiger partial charge on any atom is 0.232 e. The molecule has 3 heterocycles. The van der Waals surface area contributed by atoms with Gasteiger partial charge in [0.1, 0.15) is 17.7 Å². The minimum atomic E-state index is -0.425. The zero-order chi connectivity index (χ0) is 14.2. The van der Waals surface area contributed by atoms with Crippen LogP contribution in [0.15, 0.2) is 23.5 Å². The Labute approximate surface area is 120 Å². The quantitative estimate of drug-likeness (QED) is 0.915. The third kappa shape index (κ3) is 2.67. The molecular formula is C12H11ClN6O. The zero-order valence-electron chi connectivity index (χ0n) is 10.8. The van der Waals surface area contributed by atoms with Gasteiger partial charge in [0.25, 0.3) is 0 Å². The molecule has 8 heteroatoms. The molecule has 2 aromatic heterocycles. The molecular weight excluding hydrogens is 280 g/mol. The van der Waals surface area contributed by atoms with Gasteiger partial charge < -0.3 is 10.1 Å². The van der Waals surface area contributed by atoms with E-state index < -0.39 is 5.60 Å². The van der Waals surface area contributed by atoms with E-state index in [9.17, 15) is 0 Å². The number of pyridine rings is 1. The Morgan fingerprint density at radius 3 is 2.85 bits per heavy atom. The van der Waals surface area contributed by atoms with Gasteiger partial charge in [-0.15, -0.1) is 0 Å². The van der Waals surface area contributed by atoms with Crippen LogP contribution in [0.5, 0.6) is 5.75 Å². The molecule has 0 radical (unpaired) electrons. The number of hydrogen-bond acceptors (Lipinski definition) is 7. The van der Waals surface area contributed by atoms with Gasteiger partial charge in [-0.05, 0) is 37.6 Å². The fourth-order valence-corrected chi connectivity index (χ4v) is 1.78. The van der Waals surface area contributed by atoms with Gasteiger partial charge in [-0.1, -0.05) is 0 Å². The Bertz CT molecular complexity index is 687. The second-order valence-electron chi connectivity index (χ2n) is 4.69. The molecule has 2 aromatic rings. The molecule has 1 aliphatic heterocycles. The topological polar surface area (TPSA) is 85.2 Å². The van der Waals surface area contributed by atoms with Crippen LogP contribution in [-0.4, -0.2) is 31.8 Å². The highest BCUT2D eigenvalue weighted by atomic mass is 35.5. The van der Waals surface area contributed by atoms with Crippen LogP contribution in [0.2, 0.25) is 5.28 Å². The molecule has 3 rings (SSSR count). The molecule has 102 valence electrons. The molecule has 0 saturated heterocycles. The normalized spacial score (nSPS) is 15.3. The Balaban J connectivity index is 1.87. The van der Waals surface area contributed by atoms with Crippen molar-refractivity contribution in [2.75, 3.05) is 5.32 Å². The molecule has 0 fully saturated rings. The lowest BCUT2D eigenvalue weighted by molar-refractivity contribution is 0.184. The fourth-order valence-electron chi connectivity index (χ4n) is 1.65. The number of nitrogens with one attached hydrogen (secondary N) is 1. The maximum absolute atomic E-state index is 5.74. The van der Waals surface area contributed by atoms with Gasteiger partial charge in [-0.2, -0.15) is 4.98 Å². The van der Waals surface area contributed by atoms with E-state index in [1.54, 1.807) is 18.3 Å². The van der Waals surface area contributed by atoms with E-state index in [-0.39, 0.29) is 5.28 Å². The highest BCUT2D eigenvalue weighted by Gasteiger charge is 2.23. The Morgan fingerprint density at radius 2 is 2.05 bits per heavy atom. The molecule has 0 spiro atoms. The second-order valence-corrected chi connectivity index (χ2v) is 5.02. The third-order valence-corrected chi connectivity index (χ3v) is 2.67. The minimum absolute atomic E-state index is 0.114. The summed E-state index contributed by atoms with van der Waals surface area (Å²) in [7, 11) is 0. The predicted molar refractivity (Wildman–Crippen MR) is 75.2 cm³/mol. The van der Waals surface area contributed by atoms with Crippen molar-refractivity contribution in [1.82, 2.24) is 19.9 Å². The molecule has 20 heavy (non-hydrogen) atoms. The van der Waals surface area contributed by atoms with Crippen molar-refractivity contribution in [2.45, 2.75) is 19.4 Å². The number of hydrogen-bond donors (Lipinski definition) is 1. The zero-order valence-corrected chi connectivity index (χ0v) is 11.6. The van der Waals surface area contributed by atoms with Crippen molar-refractivity contribution in [3.05, 3.63) is 23.7 Å². The van der Waals surface area contributed by atoms with Crippen LogP contribution in [0.4, 0.5) is 17.6 Å². The molecule has 1 N–H and O–H groups in total. The smallest absolute Gasteiger partial charge is 0.232 e. The molecule has 0 amide bonds. The molecule has 0 bridgehead atoms. The first-order chi connectivity index (χ1) is 9.52. The standard InChI is InChI=1S/C12H11ClN6O/c1-12(2)5-14-9-7(20-12)3-4-8(17-9)18-11-16-6-15-10(13)19-11/h3-6H,1-2H3,(H,15,16,17,18,19). The summed E-state index contributed by atoms with van der Waals surface area (Å²) in [4.78, 5) is 20.2. The van der Waals surface area contributed by atoms with Crippen molar-refractivity contribution < 1.29 is 4.74 Å². The molecule has 1 aliphatic rings. The van der Waals surface area contributed by atoms with Crippen LogP contribution in [0.3, 0.4) is 0 Å². The Morgan fingerprint density at radius 1 is 1.20 bits per heavy atom. The first-order valence-corrected chi connectivity index (χ1v) is 6.26. The molecule has 0 unspecified atom stereocenters. The number of aromatic nitrogens is 4. The number of anilines is 2.